The molecule has 0 saturated carbocycles. The summed E-state index contributed by atoms with van der Waals surface area (Å²) in [6.45, 7) is 9.12. The van der Waals surface area contributed by atoms with Crippen LogP contribution in [0.3, 0.4) is 0 Å². The number of fused-ring (bicyclic) bond motifs is 3. The van der Waals surface area contributed by atoms with Crippen molar-refractivity contribution >= 4 is 94.4 Å². The van der Waals surface area contributed by atoms with Gasteiger partial charge in [0.2, 0.25) is 35.4 Å². The number of thioether (sulfide) groups is 1. The first-order chi connectivity index (χ1) is 40.0. The highest BCUT2D eigenvalue weighted by Gasteiger charge is 2.39. The van der Waals surface area contributed by atoms with Gasteiger partial charge in [0, 0.05) is 75.9 Å². The van der Waals surface area contributed by atoms with Gasteiger partial charge in [0.05, 0.1) is 66.8 Å². The summed E-state index contributed by atoms with van der Waals surface area (Å²) in [6, 6.07) is 20.9. The lowest BCUT2D eigenvalue weighted by Gasteiger charge is -2.29. The molecule has 0 spiro atoms. The number of amides is 7. The molecule has 3 aliphatic rings. The Morgan fingerprint density at radius 3 is 2.29 bits per heavy atom. The molecule has 0 aliphatic carbocycles. The highest BCUT2D eigenvalue weighted by atomic mass is 32.2. The highest BCUT2D eigenvalue weighted by Crippen LogP contribution is 2.30. The zero-order valence-electron chi connectivity index (χ0n) is 48.0. The molecular weight excluding hydrogens is 1100 g/mol. The van der Waals surface area contributed by atoms with Crippen LogP contribution in [0.25, 0.3) is 12.2 Å². The number of aliphatic carboxylic acids is 1. The van der Waals surface area contributed by atoms with Crippen molar-refractivity contribution in [3.8, 4) is 0 Å². The molecule has 1 fully saturated rings. The number of anilines is 3. The number of nitrogens with zero attached hydrogens (tertiary/aromatic N) is 6. The number of carboxylic acids is 1. The summed E-state index contributed by atoms with van der Waals surface area (Å²) < 4.78 is 12.1. The number of ether oxygens (including phenoxy) is 2. The van der Waals surface area contributed by atoms with Crippen LogP contribution in [0.4, 0.5) is 17.2 Å². The van der Waals surface area contributed by atoms with Gasteiger partial charge in [-0.1, -0.05) is 54.6 Å². The number of carbonyl (C=O) groups is 8. The minimum atomic E-state index is -1.35. The van der Waals surface area contributed by atoms with Crippen LogP contribution in [0, 0.1) is 0 Å². The molecule has 24 nitrogen and oxygen atoms in total. The first-order valence-corrected chi connectivity index (χ1v) is 28.9. The molecule has 3 aliphatic heterocycles. The summed E-state index contributed by atoms with van der Waals surface area (Å²) in [5.74, 6) is -3.04. The minimum Gasteiger partial charge on any atom is -0.480 e. The molecule has 1 saturated heterocycles. The van der Waals surface area contributed by atoms with Gasteiger partial charge in [0.15, 0.2) is 11.8 Å². The van der Waals surface area contributed by atoms with E-state index in [1.165, 1.54) is 11.8 Å². The van der Waals surface area contributed by atoms with E-state index in [0.29, 0.717) is 43.3 Å². The fourth-order valence-corrected chi connectivity index (χ4v) is 10.5. The summed E-state index contributed by atoms with van der Waals surface area (Å²) in [5.41, 5.74) is 16.2. The van der Waals surface area contributed by atoms with E-state index in [1.54, 1.807) is 35.4 Å². The van der Waals surface area contributed by atoms with E-state index in [9.17, 15) is 43.5 Å². The summed E-state index contributed by atoms with van der Waals surface area (Å²) in [7, 11) is 1.82. The quantitative estimate of drug-likeness (QED) is 0.0283. The monoisotopic (exact) mass is 1170 g/mol. The molecule has 0 radical (unpaired) electrons. The van der Waals surface area contributed by atoms with Gasteiger partial charge < -0.3 is 62.4 Å². The van der Waals surface area contributed by atoms with Crippen LogP contribution in [0.1, 0.15) is 117 Å². The van der Waals surface area contributed by atoms with E-state index in [4.69, 9.17) is 20.9 Å². The molecule has 448 valence electrons. The Bertz CT molecular complexity index is 3120. The fraction of sp³-hybridized carbons (Fsp3) is 0.441. The topological polar surface area (TPSA) is 335 Å². The van der Waals surface area contributed by atoms with Crippen molar-refractivity contribution < 1.29 is 52.9 Å². The average Bonchev–Trinajstić information content (AvgIpc) is 3.38. The smallest absolute Gasteiger partial charge is 0.326 e. The number of imide groups is 1. The fourth-order valence-electron chi connectivity index (χ4n) is 9.44. The number of likely N-dealkylation sites (tertiary alicyclic amines) is 1. The van der Waals surface area contributed by atoms with Crippen molar-refractivity contribution in [2.75, 3.05) is 67.3 Å². The normalized spacial score (nSPS) is 16.3. The summed E-state index contributed by atoms with van der Waals surface area (Å²) in [6.07, 6.45) is 5.08. The molecule has 25 heteroatoms. The van der Waals surface area contributed by atoms with Gasteiger partial charge in [-0.05, 0) is 87.6 Å². The van der Waals surface area contributed by atoms with Crippen molar-refractivity contribution in [2.45, 2.75) is 114 Å². The molecule has 7 rings (SSSR count). The van der Waals surface area contributed by atoms with Crippen LogP contribution in [0.2, 0.25) is 0 Å². The third-order valence-corrected chi connectivity index (χ3v) is 15.3. The van der Waals surface area contributed by atoms with Crippen LogP contribution in [-0.4, -0.2) is 148 Å². The third kappa shape index (κ3) is 18.4. The summed E-state index contributed by atoms with van der Waals surface area (Å²) in [5, 5.41) is 22.8. The maximum Gasteiger partial charge on any atom is 0.326 e. The second kappa shape index (κ2) is 29.3. The standard InChI is InChI=1S/C59H75N13O11S/c1-58(2,24-29-82-59(3,4)33-48(75)62-25-22-49(76)72-35-40-12-7-6-10-37(40)14-15-38-11-8-9-13-44(38)72)83-30-26-63-47(74)23-28-71-50(77)32-45(55(71)79)84-31-27-64-46(73)21-20-43(56(80)81)67-54(78)39-16-18-42(19-17-39)70(5)36-41-34-65-53-51(66-41)52(60)68-57(61)69-53/h6-19,34,43,45,52H,20-33,35-36,60H2,1-5H3,(H,62,75)(H,63,74)(H,64,73)(H,67,78)(H,80,81)(H3,61,65,68,69)/b15-14-. The van der Waals surface area contributed by atoms with E-state index >= 15 is 0 Å². The number of aliphatic imine (C=N–C) groups is 1. The third-order valence-electron chi connectivity index (χ3n) is 14.1. The zero-order chi connectivity index (χ0) is 60.6. The molecule has 7 amide bonds. The Labute approximate surface area is 492 Å². The minimum absolute atomic E-state index is 0.0491. The van der Waals surface area contributed by atoms with Gasteiger partial charge in [0.1, 0.15) is 17.9 Å². The molecule has 4 aromatic rings. The van der Waals surface area contributed by atoms with Crippen molar-refractivity contribution in [1.29, 1.82) is 0 Å². The summed E-state index contributed by atoms with van der Waals surface area (Å²) >= 11 is 1.19. The Balaban J connectivity index is 0.716. The molecule has 0 bridgehead atoms. The number of rotatable bonds is 29. The Hall–Kier alpha value is -8.26. The molecule has 84 heavy (non-hydrogen) atoms. The number of hydrogen-bond donors (Lipinski definition) is 8. The number of benzene rings is 3. The highest BCUT2D eigenvalue weighted by molar-refractivity contribution is 8.00. The predicted octanol–water partition coefficient (Wildman–Crippen LogP) is 3.85. The van der Waals surface area contributed by atoms with Crippen LogP contribution in [0.15, 0.2) is 84.0 Å². The second-order valence-electron chi connectivity index (χ2n) is 21.7. The molecule has 4 heterocycles. The van der Waals surface area contributed by atoms with E-state index in [2.05, 4.69) is 47.6 Å². The van der Waals surface area contributed by atoms with Crippen molar-refractivity contribution in [1.82, 2.24) is 36.1 Å². The number of aromatic nitrogens is 2. The number of guanidine groups is 1. The molecular formula is C59H75N13O11S. The number of carboxylic acid groups (broad SMARTS) is 1. The van der Waals surface area contributed by atoms with Crippen LogP contribution >= 0.6 is 11.8 Å². The molecule has 3 unspecified atom stereocenters. The van der Waals surface area contributed by atoms with E-state index in [1.807, 2.05) is 94.2 Å². The summed E-state index contributed by atoms with van der Waals surface area (Å²) in [4.78, 5) is 121. The Kier molecular flexibility index (Phi) is 22.1. The van der Waals surface area contributed by atoms with Gasteiger partial charge in [0.25, 0.3) is 5.91 Å². The lowest BCUT2D eigenvalue weighted by atomic mass is 10.0. The lowest BCUT2D eigenvalue weighted by molar-refractivity contribution is -0.140. The lowest BCUT2D eigenvalue weighted by Crippen LogP contribution is -2.41. The van der Waals surface area contributed by atoms with Crippen molar-refractivity contribution in [2.24, 2.45) is 16.5 Å². The van der Waals surface area contributed by atoms with Gasteiger partial charge in [-0.2, -0.15) is 0 Å². The molecule has 10 N–H and O–H groups in total. The second-order valence-corrected chi connectivity index (χ2v) is 23.0. The maximum atomic E-state index is 13.6. The molecule has 3 atom stereocenters. The first kappa shape index (κ1) is 63.3. The zero-order valence-corrected chi connectivity index (χ0v) is 48.8. The van der Waals surface area contributed by atoms with E-state index < -0.39 is 58.3 Å². The molecule has 1 aromatic heterocycles. The van der Waals surface area contributed by atoms with Crippen molar-refractivity contribution in [3.63, 3.8) is 0 Å². The molecule has 3 aromatic carbocycles. The average molecular weight is 1170 g/mol. The van der Waals surface area contributed by atoms with Crippen LogP contribution < -0.4 is 47.9 Å². The van der Waals surface area contributed by atoms with Gasteiger partial charge in [-0.3, -0.25) is 38.5 Å². The maximum absolute atomic E-state index is 13.6. The number of carbonyl (C=O) groups excluding carboxylic acids is 7. The number of hydrogen-bond acceptors (Lipinski definition) is 18. The van der Waals surface area contributed by atoms with Crippen LogP contribution in [-0.2, 0) is 56.1 Å². The van der Waals surface area contributed by atoms with Gasteiger partial charge in [-0.15, -0.1) is 11.8 Å². The number of para-hydroxylation sites is 1. The van der Waals surface area contributed by atoms with E-state index in [-0.39, 0.29) is 106 Å². The van der Waals surface area contributed by atoms with Crippen molar-refractivity contribution in [3.05, 3.63) is 113 Å². The predicted molar refractivity (Wildman–Crippen MR) is 319 cm³/mol. The largest absolute Gasteiger partial charge is 0.480 e. The van der Waals surface area contributed by atoms with Gasteiger partial charge >= 0.3 is 5.97 Å². The first-order valence-electron chi connectivity index (χ1n) is 27.8. The van der Waals surface area contributed by atoms with E-state index in [0.717, 1.165) is 33.0 Å². The Morgan fingerprint density at radius 2 is 1.52 bits per heavy atom. The van der Waals surface area contributed by atoms with Crippen LogP contribution in [0.5, 0.6) is 0 Å². The SMILES string of the molecule is CN(Cc1cnc2c(n1)C(N)N=C(N)N2)c1ccc(C(=O)NC(CCC(=O)NCCSC2CC(=O)N(CCC(=O)NCCOC(C)(C)CCOC(C)(C)CC(=O)NCCC(=O)N3Cc4ccccc4/C=C\c4ccccc43)C2=O)C(=O)O)cc1. The van der Waals surface area contributed by atoms with Gasteiger partial charge in [-0.25, -0.2) is 19.8 Å². The number of nitrogens with two attached hydrogens (primary N) is 2. The Morgan fingerprint density at radius 1 is 0.845 bits per heavy atom. The number of nitrogens with one attached hydrogen (secondary N) is 5.